The molecular weight excluding hydrogens is 220 g/mol. The Balaban J connectivity index is 1.65. The van der Waals surface area contributed by atoms with E-state index in [1.807, 2.05) is 0 Å². The highest BCUT2D eigenvalue weighted by atomic mass is 15.3. The van der Waals surface area contributed by atoms with Crippen molar-refractivity contribution in [3.05, 3.63) is 0 Å². The predicted molar refractivity (Wildman–Crippen MR) is 76.8 cm³/mol. The van der Waals surface area contributed by atoms with E-state index in [1.165, 1.54) is 64.5 Å². The minimum absolute atomic E-state index is 0.496. The number of hydrogen-bond donors (Lipinski definition) is 1. The van der Waals surface area contributed by atoms with E-state index in [0.717, 1.165) is 18.0 Å². The van der Waals surface area contributed by atoms with Crippen molar-refractivity contribution in [2.24, 2.45) is 5.92 Å². The smallest absolute Gasteiger partial charge is 0.0309 e. The first kappa shape index (κ1) is 12.9. The molecule has 0 aromatic rings. The van der Waals surface area contributed by atoms with Crippen molar-refractivity contribution in [3.8, 4) is 0 Å². The highest BCUT2D eigenvalue weighted by molar-refractivity contribution is 5.01. The molecule has 0 radical (unpaired) electrons. The fourth-order valence-corrected chi connectivity index (χ4v) is 4.49. The summed E-state index contributed by atoms with van der Waals surface area (Å²) in [6.07, 6.45) is 11.5. The number of rotatable bonds is 1. The normalized spacial score (nSPS) is 41.3. The maximum Gasteiger partial charge on any atom is 0.0309 e. The topological polar surface area (TPSA) is 15.3 Å². The van der Waals surface area contributed by atoms with Gasteiger partial charge in [-0.25, -0.2) is 0 Å². The molecule has 2 heteroatoms. The van der Waals surface area contributed by atoms with E-state index in [1.54, 1.807) is 0 Å². The van der Waals surface area contributed by atoms with Gasteiger partial charge >= 0.3 is 0 Å². The zero-order chi connectivity index (χ0) is 12.6. The fourth-order valence-electron chi connectivity index (χ4n) is 4.49. The summed E-state index contributed by atoms with van der Waals surface area (Å²) < 4.78 is 0. The molecule has 2 nitrogen and oxygen atoms in total. The van der Waals surface area contributed by atoms with Crippen LogP contribution in [0.2, 0.25) is 0 Å². The molecule has 0 aromatic heterocycles. The van der Waals surface area contributed by atoms with E-state index in [4.69, 9.17) is 0 Å². The lowest BCUT2D eigenvalue weighted by atomic mass is 9.83. The third-order valence-corrected chi connectivity index (χ3v) is 5.84. The number of nitrogens with one attached hydrogen (secondary N) is 1. The molecule has 18 heavy (non-hydrogen) atoms. The monoisotopic (exact) mass is 250 g/mol. The van der Waals surface area contributed by atoms with Crippen molar-refractivity contribution >= 4 is 0 Å². The third-order valence-electron chi connectivity index (χ3n) is 5.84. The molecule has 0 amide bonds. The van der Waals surface area contributed by atoms with Gasteiger partial charge in [0.05, 0.1) is 0 Å². The first-order chi connectivity index (χ1) is 8.69. The zero-order valence-corrected chi connectivity index (χ0v) is 12.3. The van der Waals surface area contributed by atoms with E-state index in [9.17, 15) is 0 Å². The largest absolute Gasteiger partial charge is 0.308 e. The van der Waals surface area contributed by atoms with E-state index in [-0.39, 0.29) is 0 Å². The van der Waals surface area contributed by atoms with Crippen molar-refractivity contribution in [2.75, 3.05) is 13.1 Å². The molecule has 0 aromatic carbocycles. The molecule has 0 bridgehead atoms. The van der Waals surface area contributed by atoms with E-state index >= 15 is 0 Å². The van der Waals surface area contributed by atoms with Crippen LogP contribution in [-0.2, 0) is 0 Å². The first-order valence-corrected chi connectivity index (χ1v) is 8.19. The lowest BCUT2D eigenvalue weighted by Gasteiger charge is -2.50. The van der Waals surface area contributed by atoms with Gasteiger partial charge in [0.15, 0.2) is 0 Å². The van der Waals surface area contributed by atoms with Crippen LogP contribution in [0.25, 0.3) is 0 Å². The van der Waals surface area contributed by atoms with Crippen molar-refractivity contribution < 1.29 is 0 Å². The van der Waals surface area contributed by atoms with Gasteiger partial charge in [-0.1, -0.05) is 19.8 Å². The minimum Gasteiger partial charge on any atom is -0.308 e. The molecular formula is C16H30N2. The third kappa shape index (κ3) is 2.46. The van der Waals surface area contributed by atoms with Crippen LogP contribution in [0.4, 0.5) is 0 Å². The Labute approximate surface area is 113 Å². The highest BCUT2D eigenvalue weighted by Gasteiger charge is 2.42. The minimum atomic E-state index is 0.496. The predicted octanol–water partition coefficient (Wildman–Crippen LogP) is 3.17. The molecule has 1 N–H and O–H groups in total. The van der Waals surface area contributed by atoms with Gasteiger partial charge in [-0.3, -0.25) is 4.90 Å². The Morgan fingerprint density at radius 1 is 1.00 bits per heavy atom. The van der Waals surface area contributed by atoms with Crippen LogP contribution < -0.4 is 5.32 Å². The van der Waals surface area contributed by atoms with Crippen LogP contribution in [0.5, 0.6) is 0 Å². The molecule has 3 aliphatic rings. The lowest BCUT2D eigenvalue weighted by molar-refractivity contribution is 0.0303. The molecule has 2 aliphatic carbocycles. The Morgan fingerprint density at radius 3 is 2.33 bits per heavy atom. The fraction of sp³-hybridized carbons (Fsp3) is 1.00. The number of piperazine rings is 1. The van der Waals surface area contributed by atoms with Crippen molar-refractivity contribution in [1.82, 2.24) is 10.2 Å². The van der Waals surface area contributed by atoms with Gasteiger partial charge in [-0.15, -0.1) is 0 Å². The van der Waals surface area contributed by atoms with Gasteiger partial charge in [0.1, 0.15) is 0 Å². The molecule has 1 unspecified atom stereocenters. The Bertz CT molecular complexity index is 275. The molecule has 1 atom stereocenters. The van der Waals surface area contributed by atoms with E-state index in [2.05, 4.69) is 24.1 Å². The van der Waals surface area contributed by atoms with Crippen LogP contribution >= 0.6 is 0 Å². The molecule has 2 saturated carbocycles. The van der Waals surface area contributed by atoms with Gasteiger partial charge < -0.3 is 5.32 Å². The Morgan fingerprint density at radius 2 is 1.67 bits per heavy atom. The molecule has 104 valence electrons. The molecule has 1 aliphatic heterocycles. The molecule has 1 saturated heterocycles. The SMILES string of the molecule is CC1CCC(N2CC3(CCCC3)NCC2C)CC1. The summed E-state index contributed by atoms with van der Waals surface area (Å²) in [6.45, 7) is 7.39. The summed E-state index contributed by atoms with van der Waals surface area (Å²) in [6, 6.07) is 1.63. The van der Waals surface area contributed by atoms with Crippen LogP contribution in [0.15, 0.2) is 0 Å². The van der Waals surface area contributed by atoms with E-state index < -0.39 is 0 Å². The molecule has 3 rings (SSSR count). The summed E-state index contributed by atoms with van der Waals surface area (Å²) in [4.78, 5) is 2.87. The molecule has 1 heterocycles. The Hall–Kier alpha value is -0.0800. The second-order valence-corrected chi connectivity index (χ2v) is 7.30. The van der Waals surface area contributed by atoms with Gasteiger partial charge in [-0.2, -0.15) is 0 Å². The van der Waals surface area contributed by atoms with Crippen LogP contribution in [0.3, 0.4) is 0 Å². The molecule has 1 spiro atoms. The summed E-state index contributed by atoms with van der Waals surface area (Å²) in [5.41, 5.74) is 0.496. The average molecular weight is 250 g/mol. The standard InChI is InChI=1S/C16H30N2/c1-13-5-7-15(8-6-13)18-12-16(9-3-4-10-16)17-11-14(18)2/h13-15,17H,3-12H2,1-2H3. The second kappa shape index (κ2) is 5.13. The van der Waals surface area contributed by atoms with E-state index in [0.29, 0.717) is 5.54 Å². The quantitative estimate of drug-likeness (QED) is 0.769. The lowest BCUT2D eigenvalue weighted by Crippen LogP contribution is -2.64. The summed E-state index contributed by atoms with van der Waals surface area (Å²) in [5.74, 6) is 0.972. The Kier molecular flexibility index (Phi) is 3.68. The van der Waals surface area contributed by atoms with Crippen LogP contribution in [0.1, 0.15) is 65.2 Å². The van der Waals surface area contributed by atoms with Gasteiger partial charge in [0.25, 0.3) is 0 Å². The number of hydrogen-bond acceptors (Lipinski definition) is 2. The van der Waals surface area contributed by atoms with Crippen LogP contribution in [0, 0.1) is 5.92 Å². The van der Waals surface area contributed by atoms with Crippen LogP contribution in [-0.4, -0.2) is 35.6 Å². The van der Waals surface area contributed by atoms with Gasteiger partial charge in [-0.05, 0) is 51.4 Å². The summed E-state index contributed by atoms with van der Waals surface area (Å²) >= 11 is 0. The van der Waals surface area contributed by atoms with Gasteiger partial charge in [0, 0.05) is 30.7 Å². The second-order valence-electron chi connectivity index (χ2n) is 7.30. The summed E-state index contributed by atoms with van der Waals surface area (Å²) in [5, 5.41) is 3.88. The zero-order valence-electron chi connectivity index (χ0n) is 12.3. The first-order valence-electron chi connectivity index (χ1n) is 8.19. The highest BCUT2D eigenvalue weighted by Crippen LogP contribution is 2.36. The average Bonchev–Trinajstić information content (AvgIpc) is 2.82. The van der Waals surface area contributed by atoms with Crippen molar-refractivity contribution in [1.29, 1.82) is 0 Å². The number of nitrogens with zero attached hydrogens (tertiary/aromatic N) is 1. The molecule has 3 fully saturated rings. The summed E-state index contributed by atoms with van der Waals surface area (Å²) in [7, 11) is 0. The maximum absolute atomic E-state index is 3.88. The van der Waals surface area contributed by atoms with Crippen molar-refractivity contribution in [2.45, 2.75) is 82.8 Å². The van der Waals surface area contributed by atoms with Crippen molar-refractivity contribution in [3.63, 3.8) is 0 Å². The van der Waals surface area contributed by atoms with Gasteiger partial charge in [0.2, 0.25) is 0 Å². The maximum atomic E-state index is 3.88.